The van der Waals surface area contributed by atoms with Gasteiger partial charge in [0.05, 0.1) is 31.2 Å². The number of nitrogens with zero attached hydrogens (tertiary/aromatic N) is 5. The van der Waals surface area contributed by atoms with E-state index in [9.17, 15) is 82.8 Å². The summed E-state index contributed by atoms with van der Waals surface area (Å²) in [6.07, 6.45) is -2.14. The van der Waals surface area contributed by atoms with Gasteiger partial charge in [0.25, 0.3) is 0 Å². The first-order valence-electron chi connectivity index (χ1n) is 42.2. The minimum Gasteiger partial charge on any atom is -0.508 e. The molecule has 0 radical (unpaired) electrons. The van der Waals surface area contributed by atoms with Crippen LogP contribution < -0.4 is 76.1 Å². The minimum atomic E-state index is -2.07. The van der Waals surface area contributed by atoms with E-state index < -0.39 is 254 Å². The average molecular weight is 1820 g/mol. The smallest absolute Gasteiger partial charge is 0.305 e. The summed E-state index contributed by atoms with van der Waals surface area (Å²) in [6, 6.07) is -3.27. The molecule has 42 nitrogen and oxygen atoms in total. The number of hydrogen-bond donors (Lipinski definition) is 19. The van der Waals surface area contributed by atoms with Gasteiger partial charge in [-0.25, -0.2) is 0 Å². The van der Waals surface area contributed by atoms with Crippen LogP contribution in [0.5, 0.6) is 5.75 Å². The number of amides is 16. The highest BCUT2D eigenvalue weighted by Crippen LogP contribution is 2.30. The fourth-order valence-corrected chi connectivity index (χ4v) is 17.2. The monoisotopic (exact) mass is 1820 g/mol. The highest BCUT2D eigenvalue weighted by atomic mass is 32.2. The van der Waals surface area contributed by atoms with Gasteiger partial charge in [0.2, 0.25) is 94.5 Å². The third-order valence-electron chi connectivity index (χ3n) is 22.6. The number of carboxylic acid groups (broad SMARTS) is 2. The van der Waals surface area contributed by atoms with Gasteiger partial charge < -0.3 is 126 Å². The molecule has 0 bridgehead atoms. The topological polar surface area (TPSA) is 645 Å². The minimum absolute atomic E-state index is 0.00807. The second-order valence-corrected chi connectivity index (χ2v) is 33.8. The van der Waals surface area contributed by atoms with Gasteiger partial charge in [0.1, 0.15) is 90.3 Å². The Kier molecular flexibility index (Phi) is 37.9. The van der Waals surface area contributed by atoms with Gasteiger partial charge in [-0.1, -0.05) is 88.1 Å². The summed E-state index contributed by atoms with van der Waals surface area (Å²) in [5.74, 6) is -20.6. The summed E-state index contributed by atoms with van der Waals surface area (Å²) in [7, 11) is 3.85. The molecule has 8 rings (SSSR count). The molecular weight excluding hydrogens is 1710 g/mol. The summed E-state index contributed by atoms with van der Waals surface area (Å²) < 4.78 is 0.818. The van der Waals surface area contributed by atoms with Crippen molar-refractivity contribution < 1.29 is 107 Å². The molecule has 0 aliphatic carbocycles. The fraction of sp³-hybridized carbons (Fsp3) is 0.524. The van der Waals surface area contributed by atoms with Crippen molar-refractivity contribution in [2.75, 3.05) is 71.9 Å². The Balaban J connectivity index is 1.17. The van der Waals surface area contributed by atoms with Crippen LogP contribution in [-0.2, 0) is 106 Å². The number of carbonyl (C=O) groups is 18. The van der Waals surface area contributed by atoms with Crippen molar-refractivity contribution in [1.29, 1.82) is 0 Å². The zero-order valence-electron chi connectivity index (χ0n) is 72.0. The van der Waals surface area contributed by atoms with Gasteiger partial charge in [-0.05, 0) is 97.3 Å². The molecular formula is C84H116N20O22S2. The lowest BCUT2D eigenvalue weighted by atomic mass is 10.00. The Hall–Kier alpha value is -12.4. The molecule has 3 aromatic carbocycles. The Morgan fingerprint density at radius 2 is 1.05 bits per heavy atom. The number of primary amides is 1. The standard InChI is InChI=1S/C84H116N20O22S2/c1-7-9-19-62-77(119)97-60(37-87)76(118)99-61(72(114)90-39-67(88)107)42-127-43-68(108)91-55(30-45-23-25-48(105)26-24-45)80(122)100(4)44(3)71(113)94-57(34-69(109)110)82(124)103-29-15-21-63(103)78(120)98-59(36-86)75(117)96-58(35-70(111)112)83(125)104-40-49(106)33-65(104)79(121)93-54(31-46-38-89-52-18-13-11-16-50(46)52)74(116)92-53(27-28-85)73(115)95-56(32-47-41-128-66-22-14-12-17-51(47)66)81(123)102(6)64(20-10-8-2)84(126)101(62)5/h11-14,16-18,22-26,38,41,44,49,53-65,89,105-106H,7-10,15,19-21,27-37,39-40,42-43,85-87H2,1-6H3,(H2,88,107)(H,90,114)(H,91,108)(H,92,116)(H,93,121)(H,94,113)(H,95,115)(H,96,117)(H,97,119)(H,98,120)(H,99,118)(H,109,110)(H,111,112)/t44-,49+,53-,54-,55-,56-,57-,58-,59-,60-,61-,62-,63-,64-,65-/m0/s1. The van der Waals surface area contributed by atoms with Gasteiger partial charge >= 0.3 is 11.9 Å². The van der Waals surface area contributed by atoms with Crippen molar-refractivity contribution in [2.24, 2.45) is 22.9 Å². The lowest BCUT2D eigenvalue weighted by Crippen LogP contribution is -2.62. The number of nitrogens with one attached hydrogen (secondary N) is 11. The third-order valence-corrected chi connectivity index (χ3v) is 24.7. The number of likely N-dealkylation sites (N-methyl/N-ethyl adjacent to an activating group) is 3. The fourth-order valence-electron chi connectivity index (χ4n) is 15.4. The van der Waals surface area contributed by atoms with Crippen molar-refractivity contribution in [1.82, 2.24) is 82.7 Å². The lowest BCUT2D eigenvalue weighted by molar-refractivity contribution is -0.149. The molecule has 44 heteroatoms. The summed E-state index contributed by atoms with van der Waals surface area (Å²) in [4.78, 5) is 266. The molecule has 3 saturated heterocycles. The number of thioether (sulfide) groups is 1. The quantitative estimate of drug-likeness (QED) is 0.0295. The number of carboxylic acids is 2. The van der Waals surface area contributed by atoms with Crippen LogP contribution >= 0.6 is 23.1 Å². The van der Waals surface area contributed by atoms with Gasteiger partial charge in [0.15, 0.2) is 0 Å². The Bertz CT molecular complexity index is 4860. The molecule has 696 valence electrons. The van der Waals surface area contributed by atoms with Crippen molar-refractivity contribution in [2.45, 2.75) is 208 Å². The number of fused-ring (bicyclic) bond motifs is 4. The largest absolute Gasteiger partial charge is 0.508 e. The number of aromatic amines is 1. The maximum atomic E-state index is 15.7. The Labute approximate surface area is 745 Å². The number of thiophene rings is 1. The molecule has 23 N–H and O–H groups in total. The zero-order valence-corrected chi connectivity index (χ0v) is 73.6. The number of nitrogens with two attached hydrogens (primary N) is 4. The number of H-pyrrole nitrogens is 1. The van der Waals surface area contributed by atoms with Crippen LogP contribution in [-0.4, -0.2) is 319 Å². The number of phenols is 1. The molecule has 15 atom stereocenters. The molecule has 0 spiro atoms. The van der Waals surface area contributed by atoms with Gasteiger partial charge in [-0.15, -0.1) is 23.1 Å². The van der Waals surface area contributed by atoms with Crippen LogP contribution in [0.2, 0.25) is 0 Å². The van der Waals surface area contributed by atoms with E-state index in [1.165, 1.54) is 56.6 Å². The van der Waals surface area contributed by atoms with Gasteiger partial charge in [-0.2, -0.15) is 0 Å². The molecule has 2 aromatic heterocycles. The van der Waals surface area contributed by atoms with Crippen LogP contribution in [0.25, 0.3) is 21.0 Å². The molecule has 0 unspecified atom stereocenters. The molecule has 0 saturated carbocycles. The van der Waals surface area contributed by atoms with Crippen LogP contribution in [0.1, 0.15) is 115 Å². The summed E-state index contributed by atoms with van der Waals surface area (Å²) in [6.45, 7) is 1.69. The number of carbonyl (C=O) groups excluding carboxylic acids is 16. The second-order valence-electron chi connectivity index (χ2n) is 31.9. The average Bonchev–Trinajstić information content (AvgIpc) is 0.849. The second kappa shape index (κ2) is 48.0. The number of unbranched alkanes of at least 4 members (excludes halogenated alkanes) is 2. The van der Waals surface area contributed by atoms with Crippen LogP contribution in [0.4, 0.5) is 0 Å². The van der Waals surface area contributed by atoms with Gasteiger partial charge in [-0.3, -0.25) is 86.3 Å². The molecule has 3 aliphatic rings. The number of aliphatic carboxylic acids is 2. The summed E-state index contributed by atoms with van der Waals surface area (Å²) >= 11 is 2.09. The molecule has 16 amide bonds. The van der Waals surface area contributed by atoms with E-state index in [0.717, 1.165) is 53.4 Å². The predicted molar refractivity (Wildman–Crippen MR) is 468 cm³/mol. The highest BCUT2D eigenvalue weighted by molar-refractivity contribution is 8.00. The number of para-hydroxylation sites is 1. The van der Waals surface area contributed by atoms with E-state index >= 15 is 24.0 Å². The number of rotatable bonds is 23. The van der Waals surface area contributed by atoms with Crippen LogP contribution in [0.3, 0.4) is 0 Å². The first-order chi connectivity index (χ1) is 60.9. The van der Waals surface area contributed by atoms with Gasteiger partial charge in [0, 0.05) is 101 Å². The number of phenolic OH excluding ortho intramolecular Hbond substituents is 1. The summed E-state index contributed by atoms with van der Waals surface area (Å²) in [5, 5.41) is 70.2. The number of benzene rings is 3. The molecule has 3 fully saturated rings. The zero-order chi connectivity index (χ0) is 93.9. The van der Waals surface area contributed by atoms with Crippen molar-refractivity contribution >= 4 is 151 Å². The van der Waals surface area contributed by atoms with E-state index in [1.807, 2.05) is 32.0 Å². The maximum Gasteiger partial charge on any atom is 0.305 e. The van der Waals surface area contributed by atoms with E-state index in [2.05, 4.69) is 58.2 Å². The molecule has 3 aliphatic heterocycles. The number of aliphatic hydroxyl groups is 1. The van der Waals surface area contributed by atoms with Crippen LogP contribution in [0, 0.1) is 0 Å². The van der Waals surface area contributed by atoms with Crippen molar-refractivity contribution in [3.05, 3.63) is 101 Å². The first kappa shape index (κ1) is 101. The Morgan fingerprint density at radius 3 is 1.69 bits per heavy atom. The first-order valence-corrected chi connectivity index (χ1v) is 44.2. The SMILES string of the molecule is CCCC[C@H]1C(=O)N(C)[C@@H](CCCC)C(=O)N[C@@H](CN)C(=O)N[C@H](C(=O)NCC(N)=O)CSCC(=O)N[C@@H](Cc2ccc(O)cc2)C(=O)N(C)[C@@H](C)C(=O)N[C@@H](CC(=O)O)C(=O)N2CCC[C@H]2C(=O)N[C@@H](CN)C(=O)N[C@@H](CC(=O)O)C(=O)N2C[C@H](O)C[C@H]2C(=O)N[C@@H](Cc2c[nH]c3ccccc23)C(=O)N[C@@H](CCN)C(=O)N[C@@H](Cc2csc3ccccc23)C(=O)N1C. The number of aliphatic hydroxyl groups excluding tert-OH is 1. The molecule has 5 heterocycles. The summed E-state index contributed by atoms with van der Waals surface area (Å²) in [5.41, 5.74) is 25.9. The number of hydrogen-bond acceptors (Lipinski definition) is 25. The van der Waals surface area contributed by atoms with Crippen LogP contribution in [0.15, 0.2) is 84.4 Å². The highest BCUT2D eigenvalue weighted by Gasteiger charge is 2.47. The Morgan fingerprint density at radius 1 is 0.531 bits per heavy atom. The molecule has 5 aromatic rings. The molecule has 128 heavy (non-hydrogen) atoms. The number of aromatic nitrogens is 1. The predicted octanol–water partition coefficient (Wildman–Crippen LogP) is -4.12. The lowest BCUT2D eigenvalue weighted by Gasteiger charge is -2.36. The van der Waals surface area contributed by atoms with Crippen molar-refractivity contribution in [3.8, 4) is 5.75 Å². The van der Waals surface area contributed by atoms with E-state index in [0.29, 0.717) is 53.3 Å². The van der Waals surface area contributed by atoms with E-state index in [1.54, 1.807) is 41.9 Å². The van der Waals surface area contributed by atoms with E-state index in [4.69, 9.17) is 22.9 Å². The number of aromatic hydroxyl groups is 1. The third kappa shape index (κ3) is 27.3. The van der Waals surface area contributed by atoms with E-state index in [-0.39, 0.29) is 70.2 Å². The van der Waals surface area contributed by atoms with Crippen molar-refractivity contribution in [3.63, 3.8) is 0 Å². The normalized spacial score (nSPS) is 25.5. The maximum absolute atomic E-state index is 15.7.